The molecule has 2 aromatic rings. The van der Waals surface area contributed by atoms with E-state index in [1.54, 1.807) is 0 Å². The predicted octanol–water partition coefficient (Wildman–Crippen LogP) is 5.25. The molecule has 100 valence electrons. The molecule has 1 unspecified atom stereocenters. The van der Waals surface area contributed by atoms with Gasteiger partial charge in [0.1, 0.15) is 0 Å². The van der Waals surface area contributed by atoms with Gasteiger partial charge in [-0.3, -0.25) is 0 Å². The maximum absolute atomic E-state index is 3.71. The summed E-state index contributed by atoms with van der Waals surface area (Å²) in [6.07, 6.45) is 1.09. The van der Waals surface area contributed by atoms with Crippen LogP contribution in [-0.4, -0.2) is 0 Å². The van der Waals surface area contributed by atoms with Gasteiger partial charge in [-0.1, -0.05) is 65.3 Å². The summed E-state index contributed by atoms with van der Waals surface area (Å²) >= 11 is 3.53. The Hall–Kier alpha value is -1.12. The third kappa shape index (κ3) is 3.92. The van der Waals surface area contributed by atoms with Crippen molar-refractivity contribution in [1.29, 1.82) is 0 Å². The summed E-state index contributed by atoms with van der Waals surface area (Å²) in [6.45, 7) is 4.44. The third-order valence-corrected chi connectivity index (χ3v) is 3.90. The lowest BCUT2D eigenvalue weighted by Gasteiger charge is -2.23. The highest BCUT2D eigenvalue weighted by Gasteiger charge is 2.13. The van der Waals surface area contributed by atoms with Crippen LogP contribution in [0.3, 0.4) is 0 Å². The maximum atomic E-state index is 3.71. The first-order valence-electron chi connectivity index (χ1n) is 6.77. The molecule has 0 spiro atoms. The van der Waals surface area contributed by atoms with Gasteiger partial charge in [-0.2, -0.15) is 0 Å². The molecule has 1 N–H and O–H groups in total. The highest BCUT2D eigenvalue weighted by molar-refractivity contribution is 9.10. The Bertz CT molecular complexity index is 510. The lowest BCUT2D eigenvalue weighted by Crippen LogP contribution is -2.24. The fourth-order valence-corrected chi connectivity index (χ4v) is 2.73. The lowest BCUT2D eigenvalue weighted by atomic mass is 10.0. The molecule has 2 heteroatoms. The molecule has 0 heterocycles. The molecule has 0 aliphatic carbocycles. The van der Waals surface area contributed by atoms with E-state index in [0.717, 1.165) is 10.9 Å². The molecule has 0 saturated carbocycles. The second-order valence-corrected chi connectivity index (χ2v) is 5.73. The molecule has 0 aliphatic heterocycles. The number of halogens is 1. The van der Waals surface area contributed by atoms with E-state index in [-0.39, 0.29) is 0 Å². The summed E-state index contributed by atoms with van der Waals surface area (Å²) in [5.74, 6) is 0. The zero-order valence-electron chi connectivity index (χ0n) is 11.4. The highest BCUT2D eigenvalue weighted by atomic mass is 79.9. The van der Waals surface area contributed by atoms with Crippen LogP contribution < -0.4 is 5.32 Å². The number of benzene rings is 2. The van der Waals surface area contributed by atoms with Crippen LogP contribution in [0.1, 0.15) is 43.5 Å². The van der Waals surface area contributed by atoms with Crippen molar-refractivity contribution in [3.8, 4) is 0 Å². The van der Waals surface area contributed by atoms with Crippen LogP contribution in [0.5, 0.6) is 0 Å². The fraction of sp³-hybridized carbons (Fsp3) is 0.294. The number of hydrogen-bond donors (Lipinski definition) is 1. The van der Waals surface area contributed by atoms with E-state index in [4.69, 9.17) is 0 Å². The Labute approximate surface area is 124 Å². The van der Waals surface area contributed by atoms with Crippen molar-refractivity contribution in [3.05, 3.63) is 70.2 Å². The Morgan fingerprint density at radius 1 is 1.00 bits per heavy atom. The van der Waals surface area contributed by atoms with Crippen molar-refractivity contribution in [2.24, 2.45) is 0 Å². The molecule has 1 nitrogen and oxygen atoms in total. The zero-order valence-corrected chi connectivity index (χ0v) is 13.0. The maximum Gasteiger partial charge on any atom is 0.0323 e. The quantitative estimate of drug-likeness (QED) is 0.794. The minimum absolute atomic E-state index is 0.336. The van der Waals surface area contributed by atoms with Crippen LogP contribution >= 0.6 is 15.9 Å². The smallest absolute Gasteiger partial charge is 0.0323 e. The van der Waals surface area contributed by atoms with Crippen LogP contribution in [0, 0.1) is 0 Å². The van der Waals surface area contributed by atoms with E-state index in [0.29, 0.717) is 12.1 Å². The molecule has 2 atom stereocenters. The molecule has 0 saturated heterocycles. The average molecular weight is 318 g/mol. The van der Waals surface area contributed by atoms with Gasteiger partial charge in [-0.05, 0) is 36.6 Å². The lowest BCUT2D eigenvalue weighted by molar-refractivity contribution is 0.456. The summed E-state index contributed by atoms with van der Waals surface area (Å²) in [6, 6.07) is 19.9. The van der Waals surface area contributed by atoms with E-state index < -0.39 is 0 Å². The van der Waals surface area contributed by atoms with Gasteiger partial charge in [0.15, 0.2) is 0 Å². The van der Waals surface area contributed by atoms with E-state index >= 15 is 0 Å². The molecule has 2 aromatic carbocycles. The van der Waals surface area contributed by atoms with Crippen molar-refractivity contribution in [2.45, 2.75) is 32.4 Å². The van der Waals surface area contributed by atoms with Gasteiger partial charge in [-0.15, -0.1) is 0 Å². The van der Waals surface area contributed by atoms with E-state index in [9.17, 15) is 0 Å². The molecule has 0 radical (unpaired) electrons. The zero-order chi connectivity index (χ0) is 13.7. The van der Waals surface area contributed by atoms with Gasteiger partial charge >= 0.3 is 0 Å². The van der Waals surface area contributed by atoms with Crippen molar-refractivity contribution >= 4 is 15.9 Å². The SMILES string of the molecule is CCC(N[C@@H](C)c1cccc(Br)c1)c1ccccc1. The average Bonchev–Trinajstić information content (AvgIpc) is 2.45. The van der Waals surface area contributed by atoms with Crippen LogP contribution in [0.15, 0.2) is 59.1 Å². The Kier molecular flexibility index (Phi) is 5.17. The molecular weight excluding hydrogens is 298 g/mol. The molecule has 0 aliphatic rings. The van der Waals surface area contributed by atoms with Crippen molar-refractivity contribution in [3.63, 3.8) is 0 Å². The van der Waals surface area contributed by atoms with Gasteiger partial charge in [0.2, 0.25) is 0 Å². The molecule has 0 bridgehead atoms. The summed E-state index contributed by atoms with van der Waals surface area (Å²) in [7, 11) is 0. The van der Waals surface area contributed by atoms with Gasteiger partial charge in [0.05, 0.1) is 0 Å². The first-order chi connectivity index (χ1) is 9.20. The van der Waals surface area contributed by atoms with Crippen LogP contribution in [0.4, 0.5) is 0 Å². The Morgan fingerprint density at radius 2 is 1.68 bits per heavy atom. The first kappa shape index (κ1) is 14.3. The predicted molar refractivity (Wildman–Crippen MR) is 85.2 cm³/mol. The summed E-state index contributed by atoms with van der Waals surface area (Å²) in [5.41, 5.74) is 2.66. The van der Waals surface area contributed by atoms with Gasteiger partial charge in [0.25, 0.3) is 0 Å². The van der Waals surface area contributed by atoms with Gasteiger partial charge < -0.3 is 5.32 Å². The molecule has 0 amide bonds. The number of nitrogens with one attached hydrogen (secondary N) is 1. The van der Waals surface area contributed by atoms with E-state index in [2.05, 4.69) is 89.7 Å². The topological polar surface area (TPSA) is 12.0 Å². The minimum Gasteiger partial charge on any atom is -0.303 e. The van der Waals surface area contributed by atoms with Crippen LogP contribution in [0.2, 0.25) is 0 Å². The monoisotopic (exact) mass is 317 g/mol. The van der Waals surface area contributed by atoms with E-state index in [1.165, 1.54) is 11.1 Å². The summed E-state index contributed by atoms with van der Waals surface area (Å²) in [4.78, 5) is 0. The van der Waals surface area contributed by atoms with Crippen molar-refractivity contribution in [1.82, 2.24) is 5.32 Å². The summed E-state index contributed by atoms with van der Waals surface area (Å²) in [5, 5.41) is 3.71. The first-order valence-corrected chi connectivity index (χ1v) is 7.56. The van der Waals surface area contributed by atoms with Crippen molar-refractivity contribution < 1.29 is 0 Å². The number of rotatable bonds is 5. The molecule has 0 aromatic heterocycles. The highest BCUT2D eigenvalue weighted by Crippen LogP contribution is 2.23. The largest absolute Gasteiger partial charge is 0.303 e. The van der Waals surface area contributed by atoms with Crippen LogP contribution in [-0.2, 0) is 0 Å². The second-order valence-electron chi connectivity index (χ2n) is 4.81. The number of hydrogen-bond acceptors (Lipinski definition) is 1. The Balaban J connectivity index is 2.10. The van der Waals surface area contributed by atoms with E-state index in [1.807, 2.05) is 0 Å². The standard InChI is InChI=1S/C17H20BrN/c1-3-17(14-8-5-4-6-9-14)19-13(2)15-10-7-11-16(18)12-15/h4-13,17,19H,3H2,1-2H3/t13-,17?/m0/s1. The molecule has 0 fully saturated rings. The third-order valence-electron chi connectivity index (χ3n) is 3.41. The van der Waals surface area contributed by atoms with Crippen molar-refractivity contribution in [2.75, 3.05) is 0 Å². The van der Waals surface area contributed by atoms with Gasteiger partial charge in [-0.25, -0.2) is 0 Å². The van der Waals surface area contributed by atoms with Crippen LogP contribution in [0.25, 0.3) is 0 Å². The van der Waals surface area contributed by atoms with Gasteiger partial charge in [0, 0.05) is 16.6 Å². The molecule has 2 rings (SSSR count). The molecular formula is C17H20BrN. The molecule has 19 heavy (non-hydrogen) atoms. The Morgan fingerprint density at radius 3 is 2.32 bits per heavy atom. The summed E-state index contributed by atoms with van der Waals surface area (Å²) < 4.78 is 1.13. The minimum atomic E-state index is 0.336. The fourth-order valence-electron chi connectivity index (χ4n) is 2.31. The normalized spacial score (nSPS) is 14.1. The second kappa shape index (κ2) is 6.88.